The molecule has 0 N–H and O–H groups in total. The summed E-state index contributed by atoms with van der Waals surface area (Å²) in [5, 5.41) is 13.2. The highest BCUT2D eigenvalue weighted by molar-refractivity contribution is 6.40. The zero-order valence-electron chi connectivity index (χ0n) is 20.4. The predicted molar refractivity (Wildman–Crippen MR) is 125 cm³/mol. The van der Waals surface area contributed by atoms with Crippen LogP contribution in [0.5, 0.6) is 0 Å². The average molecular weight is 497 g/mol. The highest BCUT2D eigenvalue weighted by Gasteiger charge is 2.60. The molecule has 2 spiro atoms. The van der Waals surface area contributed by atoms with Gasteiger partial charge in [-0.2, -0.15) is 10.2 Å². The molecule has 5 heterocycles. The lowest BCUT2D eigenvalue weighted by Crippen LogP contribution is -2.54. The lowest BCUT2D eigenvalue weighted by atomic mass is 9.76. The fourth-order valence-corrected chi connectivity index (χ4v) is 8.78. The molecule has 0 radical (unpaired) electrons. The molecule has 4 fully saturated rings. The van der Waals surface area contributed by atoms with E-state index in [9.17, 15) is 19.2 Å². The third-order valence-electron chi connectivity index (χ3n) is 10.1. The van der Waals surface area contributed by atoms with Crippen molar-refractivity contribution in [1.29, 1.82) is 0 Å². The molecule has 36 heavy (non-hydrogen) atoms. The van der Waals surface area contributed by atoms with Gasteiger partial charge in [0.1, 0.15) is 0 Å². The van der Waals surface area contributed by atoms with E-state index < -0.39 is 23.9 Å². The van der Waals surface area contributed by atoms with Crippen LogP contribution >= 0.6 is 0 Å². The van der Waals surface area contributed by atoms with E-state index in [1.165, 1.54) is 0 Å². The number of hydrogen-bond donors (Lipinski definition) is 0. The van der Waals surface area contributed by atoms with Crippen LogP contribution in [-0.4, -0.2) is 68.5 Å². The number of hydrogen-bond acceptors (Lipinski definition) is 10. The zero-order chi connectivity index (χ0) is 24.7. The molecule has 10 heteroatoms. The van der Waals surface area contributed by atoms with E-state index >= 15 is 0 Å². The van der Waals surface area contributed by atoms with Crippen LogP contribution in [0, 0.1) is 11.8 Å². The molecule has 2 saturated carbocycles. The lowest BCUT2D eigenvalue weighted by Gasteiger charge is -2.46. The van der Waals surface area contributed by atoms with Gasteiger partial charge in [0.25, 0.3) is 0 Å². The molecule has 2 saturated heterocycles. The van der Waals surface area contributed by atoms with Crippen LogP contribution in [0.1, 0.15) is 89.9 Å². The summed E-state index contributed by atoms with van der Waals surface area (Å²) in [6.45, 7) is 0. The quantitative estimate of drug-likeness (QED) is 0.371. The summed E-state index contributed by atoms with van der Waals surface area (Å²) < 4.78 is 10.8. The Morgan fingerprint density at radius 2 is 1.00 bits per heavy atom. The Kier molecular flexibility index (Phi) is 4.89. The molecule has 0 aromatic carbocycles. The van der Waals surface area contributed by atoms with Crippen LogP contribution in [0.25, 0.3) is 0 Å². The molecular weight excluding hydrogens is 464 g/mol. The molecule has 5 aliphatic heterocycles. The summed E-state index contributed by atoms with van der Waals surface area (Å²) in [6, 6.07) is -0.514. The molecule has 7 aliphatic rings. The molecule has 4 bridgehead atoms. The molecule has 0 aromatic heterocycles. The third-order valence-corrected chi connectivity index (χ3v) is 10.1. The van der Waals surface area contributed by atoms with Gasteiger partial charge < -0.3 is 9.47 Å². The number of esters is 4. The first-order chi connectivity index (χ1) is 17.4. The summed E-state index contributed by atoms with van der Waals surface area (Å²) in [6.07, 6.45) is 10.4. The van der Waals surface area contributed by atoms with Crippen molar-refractivity contribution >= 4 is 35.3 Å². The van der Waals surface area contributed by atoms with Crippen LogP contribution in [0.2, 0.25) is 0 Å². The van der Waals surface area contributed by atoms with Crippen molar-refractivity contribution in [2.24, 2.45) is 22.0 Å². The molecule has 6 atom stereocenters. The molecule has 192 valence electrons. The van der Waals surface area contributed by atoms with Gasteiger partial charge in [0.15, 0.2) is 11.4 Å². The van der Waals surface area contributed by atoms with Gasteiger partial charge in [-0.3, -0.25) is 19.6 Å². The minimum atomic E-state index is -0.654. The Hall–Kier alpha value is -2.78. The van der Waals surface area contributed by atoms with Crippen molar-refractivity contribution in [3.63, 3.8) is 0 Å². The summed E-state index contributed by atoms with van der Waals surface area (Å²) in [7, 11) is 0. The number of cyclic esters (lactones) is 4. The van der Waals surface area contributed by atoms with Crippen molar-refractivity contribution in [2.45, 2.75) is 113 Å². The zero-order valence-corrected chi connectivity index (χ0v) is 20.4. The van der Waals surface area contributed by atoms with E-state index in [-0.39, 0.29) is 47.8 Å². The fourth-order valence-electron chi connectivity index (χ4n) is 8.78. The van der Waals surface area contributed by atoms with Crippen molar-refractivity contribution in [2.75, 3.05) is 0 Å². The monoisotopic (exact) mass is 496 g/mol. The maximum absolute atomic E-state index is 13.2. The largest absolute Gasteiger partial charge is 0.388 e. The SMILES string of the molecule is O=C1C[C@H]2CCC[C@@]34CCC[C@@H]3C(=NN24)C(=O)OC(=O)C[C@H]2CCC[C@@]34CCC[C@@H]3C(=NN24)C(=O)O1. The maximum atomic E-state index is 13.2. The minimum absolute atomic E-state index is 0.0282. The van der Waals surface area contributed by atoms with E-state index in [1.807, 2.05) is 10.0 Å². The van der Waals surface area contributed by atoms with E-state index in [0.29, 0.717) is 11.4 Å². The van der Waals surface area contributed by atoms with Crippen molar-refractivity contribution in [3.05, 3.63) is 0 Å². The highest BCUT2D eigenvalue weighted by Crippen LogP contribution is 2.54. The van der Waals surface area contributed by atoms with Crippen LogP contribution < -0.4 is 0 Å². The second kappa shape index (κ2) is 7.86. The Labute approximate surface area is 209 Å². The molecule has 2 aliphatic carbocycles. The van der Waals surface area contributed by atoms with Gasteiger partial charge in [0.2, 0.25) is 0 Å². The molecule has 0 aromatic rings. The molecule has 7 rings (SSSR count). The van der Waals surface area contributed by atoms with Gasteiger partial charge in [-0.25, -0.2) is 9.59 Å². The normalized spacial score (nSPS) is 42.0. The van der Waals surface area contributed by atoms with E-state index in [1.54, 1.807) is 0 Å². The Balaban J connectivity index is 1.25. The Bertz CT molecular complexity index is 1030. The van der Waals surface area contributed by atoms with E-state index in [4.69, 9.17) is 19.7 Å². The summed E-state index contributed by atoms with van der Waals surface area (Å²) in [5.74, 6) is -2.64. The van der Waals surface area contributed by atoms with Crippen LogP contribution in [0.15, 0.2) is 10.2 Å². The minimum Gasteiger partial charge on any atom is -0.388 e. The number of fused-ring (bicyclic) bond motifs is 2. The second-order valence-corrected chi connectivity index (χ2v) is 11.8. The predicted octanol–water partition coefficient (Wildman–Crippen LogP) is 2.45. The summed E-state index contributed by atoms with van der Waals surface area (Å²) in [5.41, 5.74) is -0.0241. The average Bonchev–Trinajstić information content (AvgIpc) is 3.55. The van der Waals surface area contributed by atoms with Gasteiger partial charge in [-0.15, -0.1) is 0 Å². The molecule has 10 nitrogen and oxygen atoms in total. The van der Waals surface area contributed by atoms with Gasteiger partial charge in [-0.1, -0.05) is 12.8 Å². The second-order valence-electron chi connectivity index (χ2n) is 11.8. The summed E-state index contributed by atoms with van der Waals surface area (Å²) >= 11 is 0. The number of hydrazone groups is 2. The van der Waals surface area contributed by atoms with Crippen LogP contribution in [0.3, 0.4) is 0 Å². The van der Waals surface area contributed by atoms with Crippen LogP contribution in [-0.2, 0) is 28.7 Å². The van der Waals surface area contributed by atoms with E-state index in [0.717, 1.165) is 77.0 Å². The Morgan fingerprint density at radius 3 is 1.42 bits per heavy atom. The first kappa shape index (κ1) is 22.4. The number of piperidine rings is 2. The maximum Gasteiger partial charge on any atom is 0.362 e. The van der Waals surface area contributed by atoms with Crippen LogP contribution in [0.4, 0.5) is 0 Å². The molecule has 0 unspecified atom stereocenters. The fraction of sp³-hybridized carbons (Fsp3) is 0.769. The summed E-state index contributed by atoms with van der Waals surface area (Å²) in [4.78, 5) is 52.5. The first-order valence-corrected chi connectivity index (χ1v) is 13.7. The molecule has 0 amide bonds. The highest BCUT2D eigenvalue weighted by atomic mass is 16.6. The van der Waals surface area contributed by atoms with Gasteiger partial charge in [0, 0.05) is 11.8 Å². The lowest BCUT2D eigenvalue weighted by molar-refractivity contribution is -0.158. The number of carbonyl (C=O) groups excluding carboxylic acids is 4. The number of ether oxygens (including phenoxy) is 2. The van der Waals surface area contributed by atoms with Gasteiger partial charge in [-0.05, 0) is 64.2 Å². The number of rotatable bonds is 0. The van der Waals surface area contributed by atoms with Crippen molar-refractivity contribution < 1.29 is 28.7 Å². The Morgan fingerprint density at radius 1 is 0.611 bits per heavy atom. The molecular formula is C26H32N4O6. The van der Waals surface area contributed by atoms with Gasteiger partial charge in [0.05, 0.1) is 36.0 Å². The van der Waals surface area contributed by atoms with Crippen molar-refractivity contribution in [1.82, 2.24) is 10.0 Å². The smallest absolute Gasteiger partial charge is 0.362 e. The van der Waals surface area contributed by atoms with Crippen molar-refractivity contribution in [3.8, 4) is 0 Å². The van der Waals surface area contributed by atoms with Gasteiger partial charge >= 0.3 is 23.9 Å². The topological polar surface area (TPSA) is 118 Å². The third kappa shape index (κ3) is 3.02. The number of carbonyl (C=O) groups is 4. The standard InChI is InChI=1S/C26H32N4O6/c31-19-13-15-5-1-9-25-11-3-7-17(25)21(27-29(15)25)23(33)36-20(32)14-16-6-2-10-26-12-4-8-18(26)22(24(34)35-19)28-30(16)26/h15-18H,1-14H2/t15-,16-,17-,18-,25-,26-/m1/s1. The first-order valence-electron chi connectivity index (χ1n) is 13.7. The van der Waals surface area contributed by atoms with E-state index in [2.05, 4.69) is 0 Å². The number of nitrogens with zero attached hydrogens (tertiary/aromatic N) is 4.